The second-order valence-electron chi connectivity index (χ2n) is 9.99. The van der Waals surface area contributed by atoms with Gasteiger partial charge in [0.25, 0.3) is 0 Å². The first kappa shape index (κ1) is 23.9. The molecule has 0 bridgehead atoms. The fourth-order valence-corrected chi connectivity index (χ4v) is 5.78. The molecule has 3 N–H and O–H groups in total. The number of carbonyl (C=O) groups is 3. The van der Waals surface area contributed by atoms with Gasteiger partial charge in [0.05, 0.1) is 6.54 Å². The van der Waals surface area contributed by atoms with E-state index in [4.69, 9.17) is 0 Å². The van der Waals surface area contributed by atoms with Crippen molar-refractivity contribution in [2.45, 2.75) is 44.3 Å². The summed E-state index contributed by atoms with van der Waals surface area (Å²) in [4.78, 5) is 46.0. The van der Waals surface area contributed by atoms with E-state index in [0.717, 1.165) is 63.4 Å². The average Bonchev–Trinajstić information content (AvgIpc) is 2.92. The van der Waals surface area contributed by atoms with Gasteiger partial charge >= 0.3 is 12.1 Å². The largest absolute Gasteiger partial charge is 0.339 e. The lowest BCUT2D eigenvalue weighted by Crippen LogP contribution is -2.56. The van der Waals surface area contributed by atoms with Gasteiger partial charge in [0, 0.05) is 63.6 Å². The lowest BCUT2D eigenvalue weighted by atomic mass is 10.0. The van der Waals surface area contributed by atoms with Crippen molar-refractivity contribution in [3.8, 4) is 0 Å². The van der Waals surface area contributed by atoms with E-state index < -0.39 is 0 Å². The molecular weight excluding hydrogens is 446 g/mol. The van der Waals surface area contributed by atoms with Crippen molar-refractivity contribution in [1.82, 2.24) is 30.2 Å². The summed E-state index contributed by atoms with van der Waals surface area (Å²) < 4.78 is 0. The van der Waals surface area contributed by atoms with Crippen molar-refractivity contribution in [3.05, 3.63) is 29.8 Å². The summed E-state index contributed by atoms with van der Waals surface area (Å²) in [6, 6.07) is 8.33. The van der Waals surface area contributed by atoms with Crippen LogP contribution in [0.5, 0.6) is 0 Å². The number of benzene rings is 1. The van der Waals surface area contributed by atoms with E-state index in [9.17, 15) is 14.4 Å². The molecule has 190 valence electrons. The summed E-state index contributed by atoms with van der Waals surface area (Å²) in [6.07, 6.45) is 3.82. The Hall–Kier alpha value is -2.85. The zero-order valence-corrected chi connectivity index (χ0v) is 20.4. The maximum Gasteiger partial charge on any atom is 0.322 e. The van der Waals surface area contributed by atoms with Crippen LogP contribution in [0.1, 0.15) is 31.2 Å². The number of carbonyl (C=O) groups excluding carboxylic acids is 3. The third-order valence-corrected chi connectivity index (χ3v) is 7.94. The lowest BCUT2D eigenvalue weighted by molar-refractivity contribution is -0.132. The van der Waals surface area contributed by atoms with Gasteiger partial charge in [-0.3, -0.25) is 9.69 Å². The van der Waals surface area contributed by atoms with E-state index in [1.54, 1.807) is 4.90 Å². The first-order chi connectivity index (χ1) is 17.1. The molecule has 0 aromatic heterocycles. The predicted molar refractivity (Wildman–Crippen MR) is 133 cm³/mol. The molecule has 5 rings (SSSR count). The quantitative estimate of drug-likeness (QED) is 0.596. The van der Waals surface area contributed by atoms with Crippen LogP contribution < -0.4 is 16.0 Å². The van der Waals surface area contributed by atoms with Gasteiger partial charge in [-0.25, -0.2) is 9.59 Å². The van der Waals surface area contributed by atoms with Gasteiger partial charge in [0.1, 0.15) is 0 Å². The molecule has 4 aliphatic rings. The Morgan fingerprint density at radius 1 is 0.886 bits per heavy atom. The number of likely N-dealkylation sites (tertiary alicyclic amines) is 1. The van der Waals surface area contributed by atoms with Crippen LogP contribution in [0.2, 0.25) is 0 Å². The van der Waals surface area contributed by atoms with Crippen LogP contribution in [0.25, 0.3) is 0 Å². The highest BCUT2D eigenvalue weighted by atomic mass is 16.2. The van der Waals surface area contributed by atoms with Crippen molar-refractivity contribution in [3.63, 3.8) is 0 Å². The number of urea groups is 2. The van der Waals surface area contributed by atoms with Crippen molar-refractivity contribution in [1.29, 1.82) is 0 Å². The Labute approximate surface area is 207 Å². The number of nitrogens with zero attached hydrogens (tertiary/aromatic N) is 4. The third-order valence-electron chi connectivity index (χ3n) is 7.94. The summed E-state index contributed by atoms with van der Waals surface area (Å²) in [5, 5.41) is 9.20. The van der Waals surface area contributed by atoms with Gasteiger partial charge in [-0.05, 0) is 50.4 Å². The number of amides is 5. The highest BCUT2D eigenvalue weighted by molar-refractivity contribution is 5.92. The molecule has 0 aliphatic carbocycles. The molecule has 3 saturated heterocycles. The number of hydrogen-bond acceptors (Lipinski definition) is 5. The number of hydrogen-bond donors (Lipinski definition) is 3. The average molecular weight is 484 g/mol. The SMILES string of the molecule is O=C(CNC(=O)N1CCC(N2Cc3ccccc3NC2=O)CC1)N1CCN(C2CCNCC2)CC1. The molecule has 4 aliphatic heterocycles. The summed E-state index contributed by atoms with van der Waals surface area (Å²) in [7, 11) is 0. The molecule has 0 radical (unpaired) electrons. The highest BCUT2D eigenvalue weighted by Gasteiger charge is 2.33. The summed E-state index contributed by atoms with van der Waals surface area (Å²) >= 11 is 0. The number of rotatable bonds is 4. The molecule has 5 amide bonds. The molecule has 4 heterocycles. The van der Waals surface area contributed by atoms with Crippen molar-refractivity contribution < 1.29 is 14.4 Å². The van der Waals surface area contributed by atoms with E-state index in [1.165, 1.54) is 12.8 Å². The maximum absolute atomic E-state index is 12.7. The second-order valence-corrected chi connectivity index (χ2v) is 9.99. The summed E-state index contributed by atoms with van der Waals surface area (Å²) in [6.45, 7) is 7.21. The number of anilines is 1. The molecule has 0 saturated carbocycles. The van der Waals surface area contributed by atoms with Gasteiger partial charge in [0.2, 0.25) is 5.91 Å². The van der Waals surface area contributed by atoms with Crippen molar-refractivity contribution >= 4 is 23.7 Å². The van der Waals surface area contributed by atoms with E-state index in [2.05, 4.69) is 20.9 Å². The molecule has 3 fully saturated rings. The molecule has 35 heavy (non-hydrogen) atoms. The van der Waals surface area contributed by atoms with Gasteiger partial charge in [0.15, 0.2) is 0 Å². The van der Waals surface area contributed by atoms with Crippen LogP contribution in [-0.2, 0) is 11.3 Å². The van der Waals surface area contributed by atoms with E-state index in [0.29, 0.717) is 25.7 Å². The number of para-hydroxylation sites is 1. The Balaban J connectivity index is 1.03. The van der Waals surface area contributed by atoms with E-state index in [-0.39, 0.29) is 30.6 Å². The van der Waals surface area contributed by atoms with Crippen LogP contribution in [0, 0.1) is 0 Å². The zero-order chi connectivity index (χ0) is 24.2. The van der Waals surface area contributed by atoms with Crippen LogP contribution in [0.4, 0.5) is 15.3 Å². The number of nitrogens with one attached hydrogen (secondary N) is 3. The molecule has 0 unspecified atom stereocenters. The second kappa shape index (κ2) is 10.8. The lowest BCUT2D eigenvalue weighted by Gasteiger charge is -2.41. The van der Waals surface area contributed by atoms with Crippen LogP contribution in [-0.4, -0.2) is 109 Å². The zero-order valence-electron chi connectivity index (χ0n) is 20.4. The normalized spacial score (nSPS) is 22.5. The molecule has 10 heteroatoms. The Bertz CT molecular complexity index is 919. The minimum atomic E-state index is -0.196. The molecule has 0 spiro atoms. The highest BCUT2D eigenvalue weighted by Crippen LogP contribution is 2.27. The van der Waals surface area contributed by atoms with Crippen molar-refractivity contribution in [2.24, 2.45) is 0 Å². The van der Waals surface area contributed by atoms with E-state index in [1.807, 2.05) is 34.1 Å². The van der Waals surface area contributed by atoms with Crippen molar-refractivity contribution in [2.75, 3.05) is 64.2 Å². The standard InChI is InChI=1S/C25H37N7O3/c33-23(30-15-13-29(14-16-30)20-5-9-26-10-6-20)17-27-24(34)31-11-7-21(8-12-31)32-18-19-3-1-2-4-22(19)28-25(32)35/h1-4,20-21,26H,5-18H2,(H,27,34)(H,28,35). The van der Waals surface area contributed by atoms with Crippen LogP contribution in [0.3, 0.4) is 0 Å². The molecule has 1 aromatic carbocycles. The smallest absolute Gasteiger partial charge is 0.322 e. The first-order valence-corrected chi connectivity index (χ1v) is 13.0. The number of piperazine rings is 1. The maximum atomic E-state index is 12.7. The van der Waals surface area contributed by atoms with Gasteiger partial charge in [-0.15, -0.1) is 0 Å². The van der Waals surface area contributed by atoms with Crippen LogP contribution >= 0.6 is 0 Å². The Morgan fingerprint density at radius 2 is 1.60 bits per heavy atom. The fraction of sp³-hybridized carbons (Fsp3) is 0.640. The molecule has 10 nitrogen and oxygen atoms in total. The van der Waals surface area contributed by atoms with E-state index >= 15 is 0 Å². The predicted octanol–water partition coefficient (Wildman–Crippen LogP) is 1.10. The molecule has 0 atom stereocenters. The summed E-state index contributed by atoms with van der Waals surface area (Å²) in [5.41, 5.74) is 1.99. The molecule has 1 aromatic rings. The Kier molecular flexibility index (Phi) is 7.38. The Morgan fingerprint density at radius 3 is 2.34 bits per heavy atom. The number of fused-ring (bicyclic) bond motifs is 1. The van der Waals surface area contributed by atoms with Crippen LogP contribution in [0.15, 0.2) is 24.3 Å². The summed E-state index contributed by atoms with van der Waals surface area (Å²) in [5.74, 6) is -0.0122. The minimum absolute atomic E-state index is 0.0122. The fourth-order valence-electron chi connectivity index (χ4n) is 5.78. The monoisotopic (exact) mass is 483 g/mol. The molecular formula is C25H37N7O3. The minimum Gasteiger partial charge on any atom is -0.339 e. The third kappa shape index (κ3) is 5.54. The van der Waals surface area contributed by atoms with Gasteiger partial charge in [-0.1, -0.05) is 18.2 Å². The van der Waals surface area contributed by atoms with Gasteiger partial charge < -0.3 is 30.7 Å². The number of piperidine rings is 2. The van der Waals surface area contributed by atoms with Gasteiger partial charge in [-0.2, -0.15) is 0 Å². The first-order valence-electron chi connectivity index (χ1n) is 13.0. The topological polar surface area (TPSA) is 100 Å².